The van der Waals surface area contributed by atoms with Gasteiger partial charge >= 0.3 is 5.97 Å². The third kappa shape index (κ3) is 4.31. The molecule has 1 heterocycles. The molecule has 7 nitrogen and oxygen atoms in total. The number of methoxy groups -OCH3 is 2. The van der Waals surface area contributed by atoms with Gasteiger partial charge in [0, 0.05) is 18.3 Å². The summed E-state index contributed by atoms with van der Waals surface area (Å²) in [5.74, 6) is -0.394. The average Bonchev–Trinajstić information content (AvgIpc) is 3.24. The van der Waals surface area contributed by atoms with E-state index in [-0.39, 0.29) is 12.3 Å². The molecule has 28 heavy (non-hydrogen) atoms. The SMILES string of the molecule is COC(=O)[C@H](Cc1cnc[nH]1)NC(=O)[C@@H](C)c1ccc2cc(OC)ccc2c1. The molecule has 2 aromatic carbocycles. The Hall–Kier alpha value is -3.35. The first-order valence-corrected chi connectivity index (χ1v) is 8.95. The molecule has 1 aromatic heterocycles. The van der Waals surface area contributed by atoms with E-state index >= 15 is 0 Å². The number of aromatic nitrogens is 2. The fourth-order valence-electron chi connectivity index (χ4n) is 3.04. The van der Waals surface area contributed by atoms with E-state index in [1.54, 1.807) is 13.3 Å². The quantitative estimate of drug-likeness (QED) is 0.614. The van der Waals surface area contributed by atoms with Crippen molar-refractivity contribution in [3.8, 4) is 5.75 Å². The molecule has 1 amide bonds. The fourth-order valence-corrected chi connectivity index (χ4v) is 3.04. The topological polar surface area (TPSA) is 93.3 Å². The number of hydrogen-bond acceptors (Lipinski definition) is 5. The zero-order valence-electron chi connectivity index (χ0n) is 16.1. The third-order valence-corrected chi connectivity index (χ3v) is 4.75. The Morgan fingerprint density at radius 1 is 1.14 bits per heavy atom. The van der Waals surface area contributed by atoms with Crippen LogP contribution in [0, 0.1) is 0 Å². The molecule has 0 saturated carbocycles. The Morgan fingerprint density at radius 2 is 1.89 bits per heavy atom. The van der Waals surface area contributed by atoms with Crippen molar-refractivity contribution in [1.82, 2.24) is 15.3 Å². The smallest absolute Gasteiger partial charge is 0.328 e. The molecular weight excluding hydrogens is 358 g/mol. The predicted molar refractivity (Wildman–Crippen MR) is 105 cm³/mol. The Labute approximate surface area is 163 Å². The van der Waals surface area contributed by atoms with Crippen LogP contribution in [0.3, 0.4) is 0 Å². The van der Waals surface area contributed by atoms with E-state index in [0.717, 1.165) is 27.8 Å². The Balaban J connectivity index is 1.76. The summed E-state index contributed by atoms with van der Waals surface area (Å²) >= 11 is 0. The summed E-state index contributed by atoms with van der Waals surface area (Å²) in [4.78, 5) is 31.7. The molecule has 0 aliphatic carbocycles. The molecule has 0 fully saturated rings. The number of nitrogens with zero attached hydrogens (tertiary/aromatic N) is 1. The lowest BCUT2D eigenvalue weighted by atomic mass is 9.96. The van der Waals surface area contributed by atoms with Crippen molar-refractivity contribution in [3.05, 3.63) is 60.2 Å². The number of ether oxygens (including phenoxy) is 2. The first-order valence-electron chi connectivity index (χ1n) is 8.95. The highest BCUT2D eigenvalue weighted by Gasteiger charge is 2.25. The van der Waals surface area contributed by atoms with Crippen LogP contribution >= 0.6 is 0 Å². The van der Waals surface area contributed by atoms with Crippen molar-refractivity contribution in [2.24, 2.45) is 0 Å². The van der Waals surface area contributed by atoms with E-state index in [9.17, 15) is 9.59 Å². The standard InChI is InChI=1S/C21H23N3O4/c1-13(14-4-5-16-9-18(27-2)7-6-15(16)8-14)20(25)24-19(21(26)28-3)10-17-11-22-12-23-17/h4-9,11-13,19H,10H2,1-3H3,(H,22,23)(H,24,25)/t13-,19-/m0/s1. The van der Waals surface area contributed by atoms with Crippen LogP contribution in [0.2, 0.25) is 0 Å². The maximum atomic E-state index is 12.8. The molecule has 0 aliphatic heterocycles. The first kappa shape index (κ1) is 19.4. The number of carbonyl (C=O) groups excluding carboxylic acids is 2. The number of aromatic amines is 1. The van der Waals surface area contributed by atoms with Crippen molar-refractivity contribution in [2.75, 3.05) is 14.2 Å². The van der Waals surface area contributed by atoms with Crippen molar-refractivity contribution in [2.45, 2.75) is 25.3 Å². The normalized spacial score (nSPS) is 13.0. The number of esters is 1. The number of carbonyl (C=O) groups is 2. The zero-order valence-corrected chi connectivity index (χ0v) is 16.1. The van der Waals surface area contributed by atoms with Gasteiger partial charge in [0.05, 0.1) is 26.5 Å². The molecule has 0 bridgehead atoms. The number of hydrogen-bond donors (Lipinski definition) is 2. The van der Waals surface area contributed by atoms with Crippen LogP contribution < -0.4 is 10.1 Å². The van der Waals surface area contributed by atoms with Crippen LogP contribution in [-0.2, 0) is 20.7 Å². The van der Waals surface area contributed by atoms with Crippen LogP contribution in [0.1, 0.15) is 24.1 Å². The minimum absolute atomic E-state index is 0.247. The molecule has 7 heteroatoms. The maximum absolute atomic E-state index is 12.8. The van der Waals surface area contributed by atoms with Gasteiger partial charge in [-0.15, -0.1) is 0 Å². The lowest BCUT2D eigenvalue weighted by molar-refractivity contribution is -0.145. The van der Waals surface area contributed by atoms with E-state index in [1.165, 1.54) is 13.4 Å². The molecule has 0 aliphatic rings. The first-order chi connectivity index (χ1) is 13.5. The summed E-state index contributed by atoms with van der Waals surface area (Å²) in [6.07, 6.45) is 3.42. The van der Waals surface area contributed by atoms with E-state index in [0.29, 0.717) is 0 Å². The lowest BCUT2D eigenvalue weighted by Gasteiger charge is -2.19. The highest BCUT2D eigenvalue weighted by molar-refractivity contribution is 5.90. The van der Waals surface area contributed by atoms with Crippen LogP contribution in [0.5, 0.6) is 5.75 Å². The molecule has 0 spiro atoms. The molecule has 146 valence electrons. The number of fused-ring (bicyclic) bond motifs is 1. The molecular formula is C21H23N3O4. The minimum Gasteiger partial charge on any atom is -0.497 e. The third-order valence-electron chi connectivity index (χ3n) is 4.75. The molecule has 3 rings (SSSR count). The lowest BCUT2D eigenvalue weighted by Crippen LogP contribution is -2.44. The van der Waals surface area contributed by atoms with E-state index < -0.39 is 17.9 Å². The monoisotopic (exact) mass is 381 g/mol. The Morgan fingerprint density at radius 3 is 2.57 bits per heavy atom. The average molecular weight is 381 g/mol. The van der Waals surface area contributed by atoms with Gasteiger partial charge in [-0.1, -0.05) is 24.3 Å². The summed E-state index contributed by atoms with van der Waals surface area (Å²) in [5.41, 5.74) is 1.60. The van der Waals surface area contributed by atoms with E-state index in [1.807, 2.05) is 43.3 Å². The molecule has 0 unspecified atom stereocenters. The van der Waals surface area contributed by atoms with Crippen molar-refractivity contribution < 1.29 is 19.1 Å². The van der Waals surface area contributed by atoms with Gasteiger partial charge in [0.2, 0.25) is 5.91 Å². The Bertz CT molecular complexity index is 969. The summed E-state index contributed by atoms with van der Waals surface area (Å²) < 4.78 is 10.1. The Kier molecular flexibility index (Phi) is 5.93. The predicted octanol–water partition coefficient (Wildman–Crippen LogP) is 2.58. The molecule has 0 radical (unpaired) electrons. The summed E-state index contributed by atoms with van der Waals surface area (Å²) in [6.45, 7) is 1.81. The number of nitrogens with one attached hydrogen (secondary N) is 2. The second-order valence-electron chi connectivity index (χ2n) is 6.56. The number of rotatable bonds is 7. The van der Waals surface area contributed by atoms with Gasteiger partial charge in [-0.05, 0) is 35.4 Å². The van der Waals surface area contributed by atoms with Gasteiger partial charge in [-0.25, -0.2) is 9.78 Å². The molecule has 3 aromatic rings. The number of H-pyrrole nitrogens is 1. The van der Waals surface area contributed by atoms with Gasteiger partial charge in [0.25, 0.3) is 0 Å². The summed E-state index contributed by atoms with van der Waals surface area (Å²) in [5, 5.41) is 4.83. The van der Waals surface area contributed by atoms with Gasteiger partial charge in [-0.2, -0.15) is 0 Å². The van der Waals surface area contributed by atoms with E-state index in [4.69, 9.17) is 9.47 Å². The fraction of sp³-hybridized carbons (Fsp3) is 0.286. The summed E-state index contributed by atoms with van der Waals surface area (Å²) in [6, 6.07) is 10.8. The van der Waals surface area contributed by atoms with Crippen molar-refractivity contribution in [1.29, 1.82) is 0 Å². The van der Waals surface area contributed by atoms with Crippen molar-refractivity contribution in [3.63, 3.8) is 0 Å². The second-order valence-corrected chi connectivity index (χ2v) is 6.56. The minimum atomic E-state index is -0.787. The van der Waals surface area contributed by atoms with Gasteiger partial charge in [-0.3, -0.25) is 4.79 Å². The number of benzene rings is 2. The molecule has 0 saturated heterocycles. The van der Waals surface area contributed by atoms with Crippen LogP contribution in [0.25, 0.3) is 10.8 Å². The number of imidazole rings is 1. The second kappa shape index (κ2) is 8.56. The number of amides is 1. The maximum Gasteiger partial charge on any atom is 0.328 e. The summed E-state index contributed by atoms with van der Waals surface area (Å²) in [7, 11) is 2.93. The van der Waals surface area contributed by atoms with Crippen LogP contribution in [0.15, 0.2) is 48.9 Å². The zero-order chi connectivity index (χ0) is 20.1. The largest absolute Gasteiger partial charge is 0.497 e. The highest BCUT2D eigenvalue weighted by Crippen LogP contribution is 2.25. The van der Waals surface area contributed by atoms with Crippen LogP contribution in [0.4, 0.5) is 0 Å². The van der Waals surface area contributed by atoms with Crippen LogP contribution in [-0.4, -0.2) is 42.1 Å². The van der Waals surface area contributed by atoms with Gasteiger partial charge < -0.3 is 19.8 Å². The van der Waals surface area contributed by atoms with Gasteiger partial charge in [0.15, 0.2) is 0 Å². The van der Waals surface area contributed by atoms with Crippen molar-refractivity contribution >= 4 is 22.6 Å². The highest BCUT2D eigenvalue weighted by atomic mass is 16.5. The van der Waals surface area contributed by atoms with Gasteiger partial charge in [0.1, 0.15) is 11.8 Å². The van der Waals surface area contributed by atoms with E-state index in [2.05, 4.69) is 15.3 Å². The molecule has 2 N–H and O–H groups in total. The molecule has 2 atom stereocenters.